The summed E-state index contributed by atoms with van der Waals surface area (Å²) in [6, 6.07) is 51.5. The predicted molar refractivity (Wildman–Crippen MR) is 371 cm³/mol. The standard InChI is InChI=1S/C15H14.C14H12.C13H10O.6C4H10.6C2H6/c1-15(2)13-9-5-3-7-11(13)12-8-4-6-10-14(12)15;1-3-7-13-11(5-1)9-10-12-6-2-4-8-14(12)13;1-2-6-11-10(5-1)9-14-13-8-4-3-7-12(11)13;6*1-3-4-2;6*1-2/h3-10H,1-2H3;1-8H,9-10H2;1-8H,9H2;6*3-4H2,1-2H3;6*1-2H3. The highest BCUT2D eigenvalue weighted by atomic mass is 16.5. The molecule has 0 saturated carbocycles. The second-order valence-electron chi connectivity index (χ2n) is 18.0. The molecule has 2 aliphatic carbocycles. The first-order valence-electron chi connectivity index (χ1n) is 32.8. The SMILES string of the molecule is CC.CC.CC.CC.CC.CC.CC1(C)c2ccccc2-c2ccccc21.CCCC.CCCC.CCCC.CCCC.CCCC.CCCC.c1ccc2c(c1)CCc1ccccc1-2.c1ccc2c(c1)COc1ccccc1-2. The Hall–Kier alpha value is -4.88. The molecule has 0 amide bonds. The molecule has 79 heavy (non-hydrogen) atoms. The van der Waals surface area contributed by atoms with Gasteiger partial charge in [0.2, 0.25) is 0 Å². The van der Waals surface area contributed by atoms with Crippen molar-refractivity contribution in [3.63, 3.8) is 0 Å². The maximum absolute atomic E-state index is 5.65. The Morgan fingerprint density at radius 3 is 0.772 bits per heavy atom. The average Bonchev–Trinajstić information content (AvgIpc) is 3.79. The van der Waals surface area contributed by atoms with Crippen molar-refractivity contribution in [3.05, 3.63) is 173 Å². The smallest absolute Gasteiger partial charge is 0.127 e. The summed E-state index contributed by atoms with van der Waals surface area (Å²) < 4.78 is 5.65. The number of para-hydroxylation sites is 1. The van der Waals surface area contributed by atoms with Crippen molar-refractivity contribution in [1.82, 2.24) is 0 Å². The van der Waals surface area contributed by atoms with Crippen LogP contribution in [0.25, 0.3) is 33.4 Å². The number of hydrogen-bond donors (Lipinski definition) is 0. The summed E-state index contributed by atoms with van der Waals surface area (Å²) in [5.74, 6) is 0.992. The van der Waals surface area contributed by atoms with Crippen LogP contribution in [0, 0.1) is 0 Å². The fourth-order valence-corrected chi connectivity index (χ4v) is 6.82. The second-order valence-corrected chi connectivity index (χ2v) is 18.0. The Balaban J connectivity index is -0.000000196. The van der Waals surface area contributed by atoms with Crippen LogP contribution in [-0.4, -0.2) is 0 Å². The summed E-state index contributed by atoms with van der Waals surface area (Å²) >= 11 is 0. The average molecular weight is 1090 g/mol. The van der Waals surface area contributed by atoms with Crippen LogP contribution >= 0.6 is 0 Å². The van der Waals surface area contributed by atoms with Gasteiger partial charge in [-0.3, -0.25) is 0 Å². The topological polar surface area (TPSA) is 9.23 Å². The maximum Gasteiger partial charge on any atom is 0.127 e. The third-order valence-corrected chi connectivity index (χ3v) is 12.1. The van der Waals surface area contributed by atoms with Gasteiger partial charge in [0.15, 0.2) is 0 Å². The Kier molecular flexibility index (Phi) is 69.1. The fraction of sp³-hybridized carbons (Fsp3) is 0.538. The fourth-order valence-electron chi connectivity index (χ4n) is 6.82. The van der Waals surface area contributed by atoms with Crippen molar-refractivity contribution in [3.8, 4) is 39.1 Å². The van der Waals surface area contributed by atoms with Gasteiger partial charge in [-0.15, -0.1) is 0 Å². The maximum atomic E-state index is 5.65. The Morgan fingerprint density at radius 1 is 0.266 bits per heavy atom. The summed E-state index contributed by atoms with van der Waals surface area (Å²) in [5.41, 5.74) is 15.5. The minimum Gasteiger partial charge on any atom is -0.488 e. The van der Waals surface area contributed by atoms with E-state index in [1.807, 2.05) is 101 Å². The molecule has 0 spiro atoms. The van der Waals surface area contributed by atoms with Crippen LogP contribution < -0.4 is 4.74 Å². The molecule has 0 N–H and O–H groups in total. The number of aryl methyl sites for hydroxylation is 2. The van der Waals surface area contributed by atoms with Crippen LogP contribution in [0.3, 0.4) is 0 Å². The van der Waals surface area contributed by atoms with Crippen LogP contribution in [0.4, 0.5) is 0 Å². The van der Waals surface area contributed by atoms with Crippen molar-refractivity contribution in [1.29, 1.82) is 0 Å². The normalized spacial score (nSPS) is 10.3. The molecule has 1 nitrogen and oxygen atoms in total. The zero-order valence-corrected chi connectivity index (χ0v) is 57.4. The Morgan fingerprint density at radius 2 is 0.481 bits per heavy atom. The molecule has 3 aliphatic rings. The Labute approximate surface area is 496 Å². The first-order valence-corrected chi connectivity index (χ1v) is 32.8. The summed E-state index contributed by atoms with van der Waals surface area (Å²) in [5, 5.41) is 0. The quantitative estimate of drug-likeness (QED) is 0.162. The molecule has 0 aromatic heterocycles. The number of unbranched alkanes of at least 4 members (excludes halogenated alkanes) is 6. The van der Waals surface area contributed by atoms with Crippen LogP contribution in [0.5, 0.6) is 5.75 Å². The van der Waals surface area contributed by atoms with Crippen molar-refractivity contribution >= 4 is 0 Å². The lowest BCUT2D eigenvalue weighted by Crippen LogP contribution is -2.14. The molecular weight excluding hydrogens is 953 g/mol. The van der Waals surface area contributed by atoms with Crippen molar-refractivity contribution in [2.24, 2.45) is 0 Å². The Bertz CT molecular complexity index is 1850. The largest absolute Gasteiger partial charge is 0.488 e. The van der Waals surface area contributed by atoms with Crippen LogP contribution in [0.2, 0.25) is 0 Å². The van der Waals surface area contributed by atoms with Crippen LogP contribution in [-0.2, 0) is 24.9 Å². The van der Waals surface area contributed by atoms with Crippen LogP contribution in [0.1, 0.15) is 285 Å². The molecule has 450 valence electrons. The van der Waals surface area contributed by atoms with Gasteiger partial charge >= 0.3 is 0 Å². The van der Waals surface area contributed by atoms with Crippen molar-refractivity contribution < 1.29 is 4.74 Å². The van der Waals surface area contributed by atoms with E-state index < -0.39 is 0 Å². The van der Waals surface area contributed by atoms with Gasteiger partial charge in [-0.25, -0.2) is 0 Å². The summed E-state index contributed by atoms with van der Waals surface area (Å²) in [6.07, 6.45) is 18.2. The second kappa shape index (κ2) is 63.9. The molecule has 0 radical (unpaired) electrons. The van der Waals surface area contributed by atoms with E-state index in [9.17, 15) is 0 Å². The van der Waals surface area contributed by atoms with Crippen LogP contribution in [0.15, 0.2) is 146 Å². The zero-order valence-electron chi connectivity index (χ0n) is 57.4. The van der Waals surface area contributed by atoms with E-state index in [0.717, 1.165) is 5.75 Å². The van der Waals surface area contributed by atoms with E-state index in [-0.39, 0.29) is 5.41 Å². The third-order valence-electron chi connectivity index (χ3n) is 12.1. The van der Waals surface area contributed by atoms with E-state index >= 15 is 0 Å². The van der Waals surface area contributed by atoms with Gasteiger partial charge in [-0.05, 0) is 74.5 Å². The monoisotopic (exact) mass is 1090 g/mol. The van der Waals surface area contributed by atoms with E-state index in [1.165, 1.54) is 151 Å². The highest BCUT2D eigenvalue weighted by Crippen LogP contribution is 2.48. The van der Waals surface area contributed by atoms with Gasteiger partial charge in [-0.2, -0.15) is 0 Å². The molecule has 0 saturated heterocycles. The minimum atomic E-state index is 0.160. The molecule has 0 fully saturated rings. The summed E-state index contributed by atoms with van der Waals surface area (Å²) in [7, 11) is 0. The van der Waals surface area contributed by atoms with Gasteiger partial charge in [0.05, 0.1) is 0 Å². The number of rotatable bonds is 6. The molecule has 0 atom stereocenters. The lowest BCUT2D eigenvalue weighted by atomic mass is 9.82. The predicted octanol–water partition coefficient (Wildman–Crippen LogP) is 27.7. The van der Waals surface area contributed by atoms with E-state index in [1.54, 1.807) is 0 Å². The lowest BCUT2D eigenvalue weighted by Gasteiger charge is -2.20. The number of hydrogen-bond acceptors (Lipinski definition) is 1. The zero-order chi connectivity index (χ0) is 61.7. The van der Waals surface area contributed by atoms with Gasteiger partial charge in [0.25, 0.3) is 0 Å². The van der Waals surface area contributed by atoms with Gasteiger partial charge in [-0.1, -0.05) is 397 Å². The molecule has 1 heterocycles. The molecule has 1 heteroatoms. The summed E-state index contributed by atoms with van der Waals surface area (Å²) in [4.78, 5) is 0. The highest BCUT2D eigenvalue weighted by molar-refractivity contribution is 5.80. The number of ether oxygens (including phenoxy) is 1. The van der Waals surface area contributed by atoms with Crippen molar-refractivity contribution in [2.75, 3.05) is 0 Å². The molecule has 6 aromatic carbocycles. The molecular formula is C78H132O. The number of benzene rings is 6. The highest BCUT2D eigenvalue weighted by Gasteiger charge is 2.34. The van der Waals surface area contributed by atoms with Gasteiger partial charge < -0.3 is 4.74 Å². The molecule has 6 aromatic rings. The van der Waals surface area contributed by atoms with E-state index in [4.69, 9.17) is 4.74 Å². The van der Waals surface area contributed by atoms with Crippen molar-refractivity contribution in [2.45, 2.75) is 282 Å². The molecule has 9 rings (SSSR count). The molecule has 0 unspecified atom stereocenters. The van der Waals surface area contributed by atoms with E-state index in [2.05, 4.69) is 224 Å². The molecule has 0 bridgehead atoms. The lowest BCUT2D eigenvalue weighted by molar-refractivity contribution is 0.302. The van der Waals surface area contributed by atoms with E-state index in [0.29, 0.717) is 6.61 Å². The van der Waals surface area contributed by atoms with Gasteiger partial charge in [0, 0.05) is 11.0 Å². The summed E-state index contributed by atoms with van der Waals surface area (Å²) in [6.45, 7) is 55.5. The van der Waals surface area contributed by atoms with Gasteiger partial charge in [0.1, 0.15) is 12.4 Å². The molecule has 1 aliphatic heterocycles. The first-order chi connectivity index (χ1) is 38.6. The third kappa shape index (κ3) is 36.2. The number of fused-ring (bicyclic) bond motifs is 9. The minimum absolute atomic E-state index is 0.160. The first kappa shape index (κ1) is 85.4.